The number of hydrogen-bond donors (Lipinski definition) is 1. The van der Waals surface area contributed by atoms with Gasteiger partial charge >= 0.3 is 0 Å². The van der Waals surface area contributed by atoms with Crippen LogP contribution in [0.15, 0.2) is 46.5 Å². The number of Topliss-reactive ketones (excluding diaryl/α,β-unsaturated/α-hetero) is 1. The van der Waals surface area contributed by atoms with Crippen LogP contribution in [0.3, 0.4) is 0 Å². The molecule has 31 heavy (non-hydrogen) atoms. The molecule has 4 aromatic rings. The van der Waals surface area contributed by atoms with Crippen LogP contribution >= 0.6 is 23.4 Å². The minimum atomic E-state index is -0.292. The van der Waals surface area contributed by atoms with E-state index < -0.39 is 0 Å². The molecule has 0 spiro atoms. The van der Waals surface area contributed by atoms with E-state index in [1.165, 1.54) is 30.8 Å². The lowest BCUT2D eigenvalue weighted by Crippen LogP contribution is -2.11. The molecule has 0 unspecified atom stereocenters. The lowest BCUT2D eigenvalue weighted by molar-refractivity contribution is 0.102. The van der Waals surface area contributed by atoms with Crippen LogP contribution in [0.5, 0.6) is 0 Å². The maximum absolute atomic E-state index is 12.9. The number of carbonyl (C=O) groups is 1. The standard InChI is InChI=1S/C22H20ClN5O2S/c1-12-8-17(13(2)27(12)15-6-7-15)19(29)11-31-22-25-20-18(21(30)26-22)10-24-28(20)16-5-3-4-14(23)9-16/h3-5,8-10,15H,6-7,11H2,1-2H3,(H,25,26,30). The number of nitrogens with one attached hydrogen (secondary N) is 1. The van der Waals surface area contributed by atoms with Gasteiger partial charge in [-0.15, -0.1) is 0 Å². The van der Waals surface area contributed by atoms with Crippen molar-refractivity contribution in [2.45, 2.75) is 37.9 Å². The Morgan fingerprint density at radius 1 is 1.29 bits per heavy atom. The fourth-order valence-electron chi connectivity index (χ4n) is 3.93. The molecule has 3 aromatic heterocycles. The van der Waals surface area contributed by atoms with E-state index in [4.69, 9.17) is 11.6 Å². The van der Waals surface area contributed by atoms with Crippen LogP contribution < -0.4 is 5.56 Å². The van der Waals surface area contributed by atoms with Crippen molar-refractivity contribution in [3.8, 4) is 5.69 Å². The molecule has 0 atom stereocenters. The van der Waals surface area contributed by atoms with Crippen LogP contribution in [0.2, 0.25) is 5.02 Å². The second-order valence-electron chi connectivity index (χ2n) is 7.74. The Kier molecular flexibility index (Phi) is 4.98. The molecular formula is C22H20ClN5O2S. The molecule has 5 rings (SSSR count). The second kappa shape index (κ2) is 7.69. The summed E-state index contributed by atoms with van der Waals surface area (Å²) in [7, 11) is 0. The van der Waals surface area contributed by atoms with E-state index in [1.54, 1.807) is 16.8 Å². The summed E-state index contributed by atoms with van der Waals surface area (Å²) in [5.41, 5.74) is 3.71. The third kappa shape index (κ3) is 3.70. The summed E-state index contributed by atoms with van der Waals surface area (Å²) in [4.78, 5) is 32.7. The third-order valence-corrected chi connectivity index (χ3v) is 6.61. The Hall–Kier alpha value is -2.84. The molecule has 158 valence electrons. The minimum absolute atomic E-state index is 0.0242. The number of aryl methyl sites for hydroxylation is 1. The lowest BCUT2D eigenvalue weighted by atomic mass is 10.2. The largest absolute Gasteiger partial charge is 0.345 e. The highest BCUT2D eigenvalue weighted by Gasteiger charge is 2.28. The monoisotopic (exact) mass is 453 g/mol. The summed E-state index contributed by atoms with van der Waals surface area (Å²) in [5, 5.41) is 5.62. The van der Waals surface area contributed by atoms with Crippen molar-refractivity contribution in [3.63, 3.8) is 0 Å². The zero-order valence-electron chi connectivity index (χ0n) is 17.1. The van der Waals surface area contributed by atoms with Gasteiger partial charge in [0, 0.05) is 28.0 Å². The average Bonchev–Trinajstić information content (AvgIpc) is 3.39. The molecule has 0 aliphatic heterocycles. The van der Waals surface area contributed by atoms with Gasteiger partial charge in [0.15, 0.2) is 16.6 Å². The number of nitrogens with zero attached hydrogens (tertiary/aromatic N) is 4. The van der Waals surface area contributed by atoms with Crippen LogP contribution in [0.25, 0.3) is 16.7 Å². The number of aromatic amines is 1. The van der Waals surface area contributed by atoms with Gasteiger partial charge in [-0.1, -0.05) is 29.4 Å². The minimum Gasteiger partial charge on any atom is -0.345 e. The number of aromatic nitrogens is 5. The Bertz CT molecular complexity index is 1380. The molecule has 1 N–H and O–H groups in total. The number of fused-ring (bicyclic) bond motifs is 1. The van der Waals surface area contributed by atoms with Gasteiger partial charge in [0.25, 0.3) is 5.56 Å². The summed E-state index contributed by atoms with van der Waals surface area (Å²) >= 11 is 7.31. The molecule has 7 nitrogen and oxygen atoms in total. The summed E-state index contributed by atoms with van der Waals surface area (Å²) in [6.45, 7) is 4.04. The smallest absolute Gasteiger partial charge is 0.262 e. The van der Waals surface area contributed by atoms with Gasteiger partial charge in [-0.25, -0.2) is 9.67 Å². The average molecular weight is 454 g/mol. The summed E-state index contributed by atoms with van der Waals surface area (Å²) < 4.78 is 3.83. The van der Waals surface area contributed by atoms with Crippen LogP contribution in [0.4, 0.5) is 0 Å². The highest BCUT2D eigenvalue weighted by Crippen LogP contribution is 2.38. The number of hydrogen-bond acceptors (Lipinski definition) is 5. The topological polar surface area (TPSA) is 85.6 Å². The molecule has 1 aromatic carbocycles. The van der Waals surface area contributed by atoms with E-state index in [9.17, 15) is 9.59 Å². The van der Waals surface area contributed by atoms with E-state index >= 15 is 0 Å². The highest BCUT2D eigenvalue weighted by molar-refractivity contribution is 7.99. The van der Waals surface area contributed by atoms with Gasteiger partial charge in [0.05, 0.1) is 17.6 Å². The SMILES string of the molecule is Cc1cc(C(=O)CSc2nc3c(cnn3-c3cccc(Cl)c3)c(=O)[nH]2)c(C)n1C1CC1. The van der Waals surface area contributed by atoms with Crippen molar-refractivity contribution < 1.29 is 4.79 Å². The van der Waals surface area contributed by atoms with Crippen LogP contribution in [-0.4, -0.2) is 35.9 Å². The van der Waals surface area contributed by atoms with E-state index in [-0.39, 0.29) is 17.1 Å². The summed E-state index contributed by atoms with van der Waals surface area (Å²) in [5.74, 6) is 0.213. The predicted octanol–water partition coefficient (Wildman–Crippen LogP) is 4.49. The molecule has 1 fully saturated rings. The van der Waals surface area contributed by atoms with Crippen LogP contribution in [-0.2, 0) is 0 Å². The molecule has 1 aliphatic carbocycles. The molecular weight excluding hydrogens is 434 g/mol. The van der Waals surface area contributed by atoms with Gasteiger partial charge in [0.1, 0.15) is 5.39 Å². The molecule has 3 heterocycles. The zero-order chi connectivity index (χ0) is 21.7. The first kappa shape index (κ1) is 20.1. The van der Waals surface area contributed by atoms with Crippen molar-refractivity contribution in [2.75, 3.05) is 5.75 Å². The number of benzene rings is 1. The van der Waals surface area contributed by atoms with Gasteiger partial charge in [-0.05, 0) is 51.0 Å². The fraction of sp³-hybridized carbons (Fsp3) is 0.273. The van der Waals surface area contributed by atoms with Crippen molar-refractivity contribution in [3.05, 3.63) is 68.9 Å². The summed E-state index contributed by atoms with van der Waals surface area (Å²) in [6, 6.07) is 9.66. The first-order valence-corrected chi connectivity index (χ1v) is 11.4. The van der Waals surface area contributed by atoms with Gasteiger partial charge in [-0.3, -0.25) is 9.59 Å². The van der Waals surface area contributed by atoms with Crippen molar-refractivity contribution >= 4 is 40.2 Å². The fourth-order valence-corrected chi connectivity index (χ4v) is 4.85. The number of thioether (sulfide) groups is 1. The number of ketones is 1. The Morgan fingerprint density at radius 3 is 2.84 bits per heavy atom. The normalized spacial score (nSPS) is 13.8. The molecule has 0 bridgehead atoms. The van der Waals surface area contributed by atoms with Crippen molar-refractivity contribution in [2.24, 2.45) is 0 Å². The molecule has 0 radical (unpaired) electrons. The molecule has 0 saturated heterocycles. The Morgan fingerprint density at radius 2 is 2.10 bits per heavy atom. The van der Waals surface area contributed by atoms with E-state index in [1.807, 2.05) is 32.0 Å². The van der Waals surface area contributed by atoms with Crippen LogP contribution in [0, 0.1) is 13.8 Å². The second-order valence-corrected chi connectivity index (χ2v) is 9.14. The van der Waals surface area contributed by atoms with E-state index in [0.29, 0.717) is 32.9 Å². The first-order chi connectivity index (χ1) is 14.9. The van der Waals surface area contributed by atoms with Gasteiger partial charge < -0.3 is 9.55 Å². The summed E-state index contributed by atoms with van der Waals surface area (Å²) in [6.07, 6.45) is 3.82. The molecule has 0 amide bonds. The van der Waals surface area contributed by atoms with Crippen molar-refractivity contribution in [1.82, 2.24) is 24.3 Å². The highest BCUT2D eigenvalue weighted by atomic mass is 35.5. The zero-order valence-corrected chi connectivity index (χ0v) is 18.6. The van der Waals surface area contributed by atoms with E-state index in [0.717, 1.165) is 17.0 Å². The maximum atomic E-state index is 12.9. The van der Waals surface area contributed by atoms with Crippen LogP contribution in [0.1, 0.15) is 40.6 Å². The quantitative estimate of drug-likeness (QED) is 0.264. The predicted molar refractivity (Wildman–Crippen MR) is 122 cm³/mol. The van der Waals surface area contributed by atoms with Gasteiger partial charge in [0.2, 0.25) is 0 Å². The molecule has 1 aliphatic rings. The molecule has 9 heteroatoms. The van der Waals surface area contributed by atoms with Crippen molar-refractivity contribution in [1.29, 1.82) is 0 Å². The lowest BCUT2D eigenvalue weighted by Gasteiger charge is -2.07. The number of carbonyl (C=O) groups excluding carboxylic acids is 1. The number of rotatable bonds is 6. The van der Waals surface area contributed by atoms with E-state index in [2.05, 4.69) is 19.6 Å². The number of halogens is 1. The maximum Gasteiger partial charge on any atom is 0.262 e. The van der Waals surface area contributed by atoms with Gasteiger partial charge in [-0.2, -0.15) is 5.10 Å². The molecule has 1 saturated carbocycles. The Labute approximate surface area is 187 Å². The number of H-pyrrole nitrogens is 1. The first-order valence-electron chi connectivity index (χ1n) is 10.0. The third-order valence-electron chi connectivity index (χ3n) is 5.51. The Balaban J connectivity index is 1.42.